The van der Waals surface area contributed by atoms with Crippen molar-refractivity contribution in [3.05, 3.63) is 71.8 Å². The number of esters is 1. The minimum Gasteiger partial charge on any atom is -0.467 e. The highest BCUT2D eigenvalue weighted by molar-refractivity contribution is 8.14. The first-order valence-corrected chi connectivity index (χ1v) is 19.5. The molecule has 0 spiro atoms. The number of benzene rings is 2. The van der Waals surface area contributed by atoms with E-state index in [9.17, 15) is 28.8 Å². The molecule has 1 fully saturated rings. The third-order valence-corrected chi connectivity index (χ3v) is 10.5. The van der Waals surface area contributed by atoms with Crippen LogP contribution in [0.2, 0.25) is 0 Å². The third kappa shape index (κ3) is 12.5. The molecule has 1 saturated carbocycles. The first-order chi connectivity index (χ1) is 24.8. The van der Waals surface area contributed by atoms with Crippen molar-refractivity contribution >= 4 is 58.6 Å². The largest absolute Gasteiger partial charge is 0.467 e. The molecule has 0 saturated heterocycles. The molecule has 0 heterocycles. The third-order valence-electron chi connectivity index (χ3n) is 8.72. The summed E-state index contributed by atoms with van der Waals surface area (Å²) in [7, 11) is 1.24. The van der Waals surface area contributed by atoms with Crippen LogP contribution in [0, 0.1) is 11.8 Å². The zero-order chi connectivity index (χ0) is 38.3. The average Bonchev–Trinajstić information content (AvgIpc) is 3.84. The van der Waals surface area contributed by atoms with Gasteiger partial charge in [-0.1, -0.05) is 94.8 Å². The van der Waals surface area contributed by atoms with Crippen LogP contribution >= 0.6 is 23.5 Å². The Labute approximate surface area is 313 Å². The maximum absolute atomic E-state index is 14.0. The molecule has 3 rings (SSSR count). The molecule has 2 aromatic carbocycles. The maximum Gasteiger partial charge on any atom is 0.408 e. The van der Waals surface area contributed by atoms with Gasteiger partial charge in [0.1, 0.15) is 36.9 Å². The minimum atomic E-state index is -1.59. The fraction of sp³-hybridized carbons (Fsp3) is 0.514. The lowest BCUT2D eigenvalue weighted by Gasteiger charge is -2.30. The number of carbonyl (C=O) groups excluding carboxylic acids is 6. The van der Waals surface area contributed by atoms with Crippen molar-refractivity contribution in [3.8, 4) is 0 Å². The fourth-order valence-corrected chi connectivity index (χ4v) is 6.79. The van der Waals surface area contributed by atoms with Crippen molar-refractivity contribution in [2.24, 2.45) is 11.8 Å². The summed E-state index contributed by atoms with van der Waals surface area (Å²) in [5, 5.41) is 9.56. The molecule has 0 radical (unpaired) electrons. The van der Waals surface area contributed by atoms with E-state index in [4.69, 9.17) is 14.2 Å². The van der Waals surface area contributed by atoms with Crippen molar-refractivity contribution in [2.45, 2.75) is 89.1 Å². The van der Waals surface area contributed by atoms with E-state index in [1.807, 2.05) is 49.6 Å². The van der Waals surface area contributed by atoms with E-state index >= 15 is 0 Å². The van der Waals surface area contributed by atoms with E-state index in [1.54, 1.807) is 45.0 Å². The van der Waals surface area contributed by atoms with Crippen molar-refractivity contribution in [1.29, 1.82) is 0 Å². The van der Waals surface area contributed by atoms with Crippen molar-refractivity contribution in [2.75, 3.05) is 19.1 Å². The Morgan fingerprint density at radius 2 is 1.40 bits per heavy atom. The molecule has 2 aromatic rings. The summed E-state index contributed by atoms with van der Waals surface area (Å²) in [6, 6.07) is 15.1. The van der Waals surface area contributed by atoms with Crippen LogP contribution in [-0.4, -0.2) is 83.1 Å². The fourth-order valence-electron chi connectivity index (χ4n) is 5.25. The van der Waals surface area contributed by atoms with Gasteiger partial charge in [-0.2, -0.15) is 11.8 Å². The predicted octanol–water partition coefficient (Wildman–Crippen LogP) is 4.58. The molecule has 0 aliphatic heterocycles. The topological polar surface area (TPSA) is 178 Å². The molecular formula is C37H50N4O9S2. The second kappa shape index (κ2) is 20.7. The summed E-state index contributed by atoms with van der Waals surface area (Å²) >= 11 is 2.29. The van der Waals surface area contributed by atoms with Crippen molar-refractivity contribution in [1.82, 2.24) is 21.3 Å². The Morgan fingerprint density at radius 3 is 1.94 bits per heavy atom. The first-order valence-electron chi connectivity index (χ1n) is 17.2. The Morgan fingerprint density at radius 1 is 0.827 bits per heavy atom. The van der Waals surface area contributed by atoms with Gasteiger partial charge in [0.25, 0.3) is 0 Å². The smallest absolute Gasteiger partial charge is 0.408 e. The highest BCUT2D eigenvalue weighted by Gasteiger charge is 2.63. The van der Waals surface area contributed by atoms with Gasteiger partial charge < -0.3 is 35.5 Å². The van der Waals surface area contributed by atoms with Gasteiger partial charge in [-0.3, -0.25) is 14.4 Å². The summed E-state index contributed by atoms with van der Waals surface area (Å²) in [6.45, 7) is 7.10. The predicted molar refractivity (Wildman–Crippen MR) is 200 cm³/mol. The number of nitrogens with one attached hydrogen (secondary N) is 4. The van der Waals surface area contributed by atoms with Crippen LogP contribution in [0.15, 0.2) is 60.7 Å². The molecule has 0 aromatic heterocycles. The second-order valence-electron chi connectivity index (χ2n) is 12.9. The van der Waals surface area contributed by atoms with Crippen LogP contribution in [0.25, 0.3) is 0 Å². The minimum absolute atomic E-state index is 0.0313. The summed E-state index contributed by atoms with van der Waals surface area (Å²) in [6.07, 6.45) is 1.95. The number of thioether (sulfide) groups is 2. The monoisotopic (exact) mass is 758 g/mol. The molecule has 284 valence electrons. The number of ether oxygens (including phenoxy) is 3. The lowest BCUT2D eigenvalue weighted by Crippen LogP contribution is -2.61. The van der Waals surface area contributed by atoms with E-state index in [1.165, 1.54) is 18.9 Å². The molecule has 13 nitrogen and oxygen atoms in total. The van der Waals surface area contributed by atoms with Gasteiger partial charge in [-0.15, -0.1) is 0 Å². The normalized spacial score (nSPS) is 18.5. The lowest BCUT2D eigenvalue weighted by atomic mass is 9.96. The van der Waals surface area contributed by atoms with Crippen molar-refractivity contribution in [3.63, 3.8) is 0 Å². The molecule has 0 bridgehead atoms. The summed E-state index contributed by atoms with van der Waals surface area (Å²) in [5.74, 6) is -2.65. The van der Waals surface area contributed by atoms with Crippen molar-refractivity contribution < 1.29 is 43.0 Å². The Hall–Kier alpha value is -4.24. The van der Waals surface area contributed by atoms with Gasteiger partial charge in [0.05, 0.1) is 12.4 Å². The highest BCUT2D eigenvalue weighted by atomic mass is 32.2. The van der Waals surface area contributed by atoms with E-state index in [0.717, 1.165) is 22.9 Å². The molecular weight excluding hydrogens is 709 g/mol. The molecule has 1 aliphatic carbocycles. The van der Waals surface area contributed by atoms with Gasteiger partial charge in [0.2, 0.25) is 17.7 Å². The van der Waals surface area contributed by atoms with Crippen LogP contribution in [0.4, 0.5) is 9.59 Å². The van der Waals surface area contributed by atoms with Crippen LogP contribution in [0.3, 0.4) is 0 Å². The molecule has 4 unspecified atom stereocenters. The van der Waals surface area contributed by atoms with Gasteiger partial charge in [-0.25, -0.2) is 14.4 Å². The first kappa shape index (κ1) is 42.2. The van der Waals surface area contributed by atoms with Gasteiger partial charge in [0.15, 0.2) is 0 Å². The van der Waals surface area contributed by atoms with E-state index < -0.39 is 69.9 Å². The van der Waals surface area contributed by atoms with E-state index in [-0.39, 0.29) is 25.6 Å². The Bertz CT molecular complexity index is 1520. The number of methoxy groups -OCH3 is 1. The highest BCUT2D eigenvalue weighted by Crippen LogP contribution is 2.47. The zero-order valence-electron chi connectivity index (χ0n) is 30.5. The van der Waals surface area contributed by atoms with E-state index in [2.05, 4.69) is 21.3 Å². The van der Waals surface area contributed by atoms with Gasteiger partial charge in [0, 0.05) is 0 Å². The number of carbonyl (C=O) groups is 6. The SMILES string of the molecule is CCC(C)[C@H](NC(=O)C(NC(=O)C1(NC(=O)OCc2ccccc2)CC1SC(=O)OCc1ccccc1)C(C)C)C(=O)N[C@@H](CCSC)C(=O)OC. The Balaban J connectivity index is 1.76. The molecule has 15 heteroatoms. The average molecular weight is 759 g/mol. The number of rotatable bonds is 19. The Kier molecular flexibility index (Phi) is 16.8. The molecule has 4 amide bonds. The zero-order valence-corrected chi connectivity index (χ0v) is 32.1. The molecule has 6 atom stereocenters. The van der Waals surface area contributed by atoms with Crippen LogP contribution in [-0.2, 0) is 46.6 Å². The van der Waals surface area contributed by atoms with Gasteiger partial charge >= 0.3 is 17.4 Å². The lowest BCUT2D eigenvalue weighted by molar-refractivity contribution is -0.145. The van der Waals surface area contributed by atoms with Crippen LogP contribution < -0.4 is 21.3 Å². The summed E-state index contributed by atoms with van der Waals surface area (Å²) in [5.41, 5.74) is -0.0633. The molecule has 52 heavy (non-hydrogen) atoms. The number of hydrogen-bond donors (Lipinski definition) is 4. The maximum atomic E-state index is 14.0. The summed E-state index contributed by atoms with van der Waals surface area (Å²) in [4.78, 5) is 79.6. The number of amides is 4. The van der Waals surface area contributed by atoms with E-state index in [0.29, 0.717) is 18.6 Å². The number of hydrogen-bond acceptors (Lipinski definition) is 11. The standard InChI is InChI=1S/C37H50N4O9S2/c1-7-24(4)30(32(43)38-27(18-19-51-6)33(44)48-5)39-31(42)29(23(2)3)40-34(45)37(41-35(46)49-21-25-14-10-8-11-15-25)20-28(37)52-36(47)50-22-26-16-12-9-13-17-26/h8-17,23-24,27-30H,7,18-22H2,1-6H3,(H,38,43)(H,39,42)(H,40,45)(H,41,46)/t24?,27-,28?,29?,30-,37?/m0/s1. The van der Waals surface area contributed by atoms with Crippen LogP contribution in [0.1, 0.15) is 58.1 Å². The summed E-state index contributed by atoms with van der Waals surface area (Å²) < 4.78 is 15.7. The van der Waals surface area contributed by atoms with Gasteiger partial charge in [-0.05, 0) is 59.6 Å². The quantitative estimate of drug-likeness (QED) is 0.117. The molecule has 4 N–H and O–H groups in total. The second-order valence-corrected chi connectivity index (χ2v) is 15.0. The molecule has 1 aliphatic rings. The number of alkyl carbamates (subject to hydrolysis) is 1. The van der Waals surface area contributed by atoms with Crippen LogP contribution in [0.5, 0.6) is 0 Å².